The quantitative estimate of drug-likeness (QED) is 0.801. The number of nitrogens with zero attached hydrogens (tertiary/aromatic N) is 1. The molecule has 3 nitrogen and oxygen atoms in total. The third kappa shape index (κ3) is 1.97. The summed E-state index contributed by atoms with van der Waals surface area (Å²) in [4.78, 5) is 13.7. The van der Waals surface area contributed by atoms with Gasteiger partial charge in [-0.1, -0.05) is 6.92 Å². The molecule has 2 fully saturated rings. The van der Waals surface area contributed by atoms with Gasteiger partial charge in [0.1, 0.15) is 0 Å². The lowest BCUT2D eigenvalue weighted by molar-refractivity contribution is -0.152. The van der Waals surface area contributed by atoms with Crippen LogP contribution in [0.2, 0.25) is 0 Å². The molecule has 2 aliphatic rings. The zero-order valence-electron chi connectivity index (χ0n) is 10.6. The van der Waals surface area contributed by atoms with Crippen molar-refractivity contribution in [2.45, 2.75) is 52.5 Å². The van der Waals surface area contributed by atoms with E-state index in [1.54, 1.807) is 0 Å². The van der Waals surface area contributed by atoms with Crippen LogP contribution in [0, 0.1) is 10.8 Å². The van der Waals surface area contributed by atoms with Gasteiger partial charge < -0.3 is 5.11 Å². The summed E-state index contributed by atoms with van der Waals surface area (Å²) in [7, 11) is 0. The summed E-state index contributed by atoms with van der Waals surface area (Å²) >= 11 is 0. The van der Waals surface area contributed by atoms with E-state index in [4.69, 9.17) is 0 Å². The van der Waals surface area contributed by atoms with Crippen molar-refractivity contribution in [3.8, 4) is 0 Å². The van der Waals surface area contributed by atoms with Crippen molar-refractivity contribution in [2.75, 3.05) is 13.1 Å². The Morgan fingerprint density at radius 2 is 1.94 bits per heavy atom. The fraction of sp³-hybridized carbons (Fsp3) is 0.923. The number of carboxylic acid groups (broad SMARTS) is 1. The molecular formula is C13H23NO2. The highest BCUT2D eigenvalue weighted by atomic mass is 16.4. The normalized spacial score (nSPS) is 35.7. The summed E-state index contributed by atoms with van der Waals surface area (Å²) in [6.45, 7) is 8.27. The van der Waals surface area contributed by atoms with E-state index in [9.17, 15) is 9.90 Å². The van der Waals surface area contributed by atoms with Gasteiger partial charge in [0.2, 0.25) is 0 Å². The van der Waals surface area contributed by atoms with E-state index in [0.29, 0.717) is 11.5 Å². The van der Waals surface area contributed by atoms with E-state index < -0.39 is 11.4 Å². The lowest BCUT2D eigenvalue weighted by Crippen LogP contribution is -2.51. The highest BCUT2D eigenvalue weighted by Gasteiger charge is 2.48. The van der Waals surface area contributed by atoms with Crippen LogP contribution in [0.1, 0.15) is 46.5 Å². The van der Waals surface area contributed by atoms with Crippen molar-refractivity contribution < 1.29 is 9.90 Å². The molecular weight excluding hydrogens is 202 g/mol. The Kier molecular flexibility index (Phi) is 2.77. The Labute approximate surface area is 97.8 Å². The highest BCUT2D eigenvalue weighted by Crippen LogP contribution is 2.50. The lowest BCUT2D eigenvalue weighted by atomic mass is 9.80. The number of rotatable bonds is 3. The molecule has 1 aliphatic carbocycles. The van der Waals surface area contributed by atoms with Crippen LogP contribution in [0.5, 0.6) is 0 Å². The Bertz CT molecular complexity index is 298. The molecule has 16 heavy (non-hydrogen) atoms. The number of piperidine rings is 1. The third-order valence-electron chi connectivity index (χ3n) is 4.84. The molecule has 0 aromatic heterocycles. The van der Waals surface area contributed by atoms with E-state index in [2.05, 4.69) is 18.7 Å². The first kappa shape index (κ1) is 11.9. The summed E-state index contributed by atoms with van der Waals surface area (Å²) in [5, 5.41) is 9.29. The summed E-state index contributed by atoms with van der Waals surface area (Å²) in [6.07, 6.45) is 4.44. The van der Waals surface area contributed by atoms with Crippen LogP contribution in [0.4, 0.5) is 0 Å². The van der Waals surface area contributed by atoms with Crippen LogP contribution in [0.3, 0.4) is 0 Å². The molecule has 1 N–H and O–H groups in total. The zero-order chi connectivity index (χ0) is 12.0. The van der Waals surface area contributed by atoms with E-state index in [0.717, 1.165) is 25.9 Å². The van der Waals surface area contributed by atoms with Gasteiger partial charge in [0.15, 0.2) is 0 Å². The maximum absolute atomic E-state index is 11.3. The van der Waals surface area contributed by atoms with Crippen molar-refractivity contribution in [3.63, 3.8) is 0 Å². The molecule has 1 saturated heterocycles. The maximum atomic E-state index is 11.3. The Hall–Kier alpha value is -0.570. The van der Waals surface area contributed by atoms with E-state index >= 15 is 0 Å². The van der Waals surface area contributed by atoms with Crippen LogP contribution >= 0.6 is 0 Å². The number of aliphatic carboxylic acids is 1. The van der Waals surface area contributed by atoms with Gasteiger partial charge in [0.05, 0.1) is 5.41 Å². The monoisotopic (exact) mass is 225 g/mol. The van der Waals surface area contributed by atoms with Crippen LogP contribution < -0.4 is 0 Å². The van der Waals surface area contributed by atoms with Crippen LogP contribution in [0.15, 0.2) is 0 Å². The second-order valence-electron chi connectivity index (χ2n) is 6.27. The molecule has 1 saturated carbocycles. The van der Waals surface area contributed by atoms with E-state index in [1.807, 2.05) is 6.92 Å². The zero-order valence-corrected chi connectivity index (χ0v) is 10.6. The lowest BCUT2D eigenvalue weighted by Gasteiger charge is -2.42. The fourth-order valence-electron chi connectivity index (χ4n) is 2.84. The molecule has 0 bridgehead atoms. The van der Waals surface area contributed by atoms with Crippen LogP contribution in [0.25, 0.3) is 0 Å². The third-order valence-corrected chi connectivity index (χ3v) is 4.84. The molecule has 92 valence electrons. The van der Waals surface area contributed by atoms with Crippen LogP contribution in [-0.4, -0.2) is 35.1 Å². The van der Waals surface area contributed by atoms with Crippen molar-refractivity contribution in [1.29, 1.82) is 0 Å². The minimum Gasteiger partial charge on any atom is -0.481 e. The number of carbonyl (C=O) groups is 1. The molecule has 1 heterocycles. The molecule has 2 rings (SSSR count). The molecule has 1 aliphatic heterocycles. The maximum Gasteiger partial charge on any atom is 0.310 e. The van der Waals surface area contributed by atoms with Crippen LogP contribution in [-0.2, 0) is 4.79 Å². The summed E-state index contributed by atoms with van der Waals surface area (Å²) in [5.41, 5.74) is -0.0749. The minimum atomic E-state index is -0.634. The molecule has 0 radical (unpaired) electrons. The topological polar surface area (TPSA) is 40.5 Å². The molecule has 3 heteroatoms. The van der Waals surface area contributed by atoms with Crippen molar-refractivity contribution >= 4 is 5.97 Å². The molecule has 2 unspecified atom stereocenters. The second kappa shape index (κ2) is 3.73. The number of likely N-dealkylation sites (tertiary alicyclic amines) is 1. The predicted octanol–water partition coefficient (Wildman–Crippen LogP) is 2.36. The van der Waals surface area contributed by atoms with Gasteiger partial charge in [-0.05, 0) is 51.5 Å². The van der Waals surface area contributed by atoms with Crippen molar-refractivity contribution in [2.24, 2.45) is 10.8 Å². The molecule has 2 atom stereocenters. The number of hydrogen-bond donors (Lipinski definition) is 1. The number of carboxylic acids is 1. The summed E-state index contributed by atoms with van der Waals surface area (Å²) in [6, 6.07) is 0.534. The van der Waals surface area contributed by atoms with E-state index in [-0.39, 0.29) is 0 Å². The average Bonchev–Trinajstić information content (AvgIpc) is 2.96. The standard InChI is InChI=1S/C13H23NO2/c1-10(12(2)6-7-12)14-8-4-5-13(3,9-14)11(15)16/h10H,4-9H2,1-3H3,(H,15,16). The van der Waals surface area contributed by atoms with Crippen molar-refractivity contribution in [1.82, 2.24) is 4.90 Å². The largest absolute Gasteiger partial charge is 0.481 e. The molecule has 0 spiro atoms. The van der Waals surface area contributed by atoms with Gasteiger partial charge in [0.25, 0.3) is 0 Å². The van der Waals surface area contributed by atoms with Gasteiger partial charge >= 0.3 is 5.97 Å². The van der Waals surface area contributed by atoms with Gasteiger partial charge in [-0.15, -0.1) is 0 Å². The second-order valence-corrected chi connectivity index (χ2v) is 6.27. The molecule has 0 amide bonds. The Balaban J connectivity index is 2.04. The smallest absolute Gasteiger partial charge is 0.310 e. The SMILES string of the molecule is CC(N1CCCC(C)(C(=O)O)C1)C1(C)CC1. The van der Waals surface area contributed by atoms with Crippen molar-refractivity contribution in [3.05, 3.63) is 0 Å². The first-order valence-corrected chi connectivity index (χ1v) is 6.35. The summed E-state index contributed by atoms with van der Waals surface area (Å²) < 4.78 is 0. The highest BCUT2D eigenvalue weighted by molar-refractivity contribution is 5.74. The first-order valence-electron chi connectivity index (χ1n) is 6.35. The first-order chi connectivity index (χ1) is 7.37. The molecule has 0 aromatic carbocycles. The average molecular weight is 225 g/mol. The van der Waals surface area contributed by atoms with Gasteiger partial charge in [-0.2, -0.15) is 0 Å². The minimum absolute atomic E-state index is 0.455. The fourth-order valence-corrected chi connectivity index (χ4v) is 2.84. The number of hydrogen-bond acceptors (Lipinski definition) is 2. The van der Waals surface area contributed by atoms with Gasteiger partial charge in [-0.3, -0.25) is 9.69 Å². The van der Waals surface area contributed by atoms with Gasteiger partial charge in [-0.25, -0.2) is 0 Å². The van der Waals surface area contributed by atoms with Gasteiger partial charge in [0, 0.05) is 12.6 Å². The molecule has 0 aromatic rings. The Morgan fingerprint density at radius 1 is 1.31 bits per heavy atom. The Morgan fingerprint density at radius 3 is 2.44 bits per heavy atom. The predicted molar refractivity (Wildman–Crippen MR) is 63.4 cm³/mol. The van der Waals surface area contributed by atoms with E-state index in [1.165, 1.54) is 12.8 Å². The summed E-state index contributed by atoms with van der Waals surface area (Å²) in [5.74, 6) is -0.634.